The van der Waals surface area contributed by atoms with Crippen LogP contribution in [-0.4, -0.2) is 48.9 Å². The molecule has 38 heavy (non-hydrogen) atoms. The first kappa shape index (κ1) is 27.1. The fraction of sp³-hybridized carbons (Fsp3) is 0.233. The maximum atomic E-state index is 6.50. The lowest BCUT2D eigenvalue weighted by molar-refractivity contribution is 0.355. The Hall–Kier alpha value is -3.94. The van der Waals surface area contributed by atoms with Crippen molar-refractivity contribution < 1.29 is 9.47 Å². The lowest BCUT2D eigenvalue weighted by atomic mass is 9.92. The number of anilines is 2. The van der Waals surface area contributed by atoms with E-state index >= 15 is 0 Å². The van der Waals surface area contributed by atoms with Gasteiger partial charge >= 0.3 is 0 Å². The van der Waals surface area contributed by atoms with Crippen molar-refractivity contribution >= 4 is 28.9 Å². The van der Waals surface area contributed by atoms with Gasteiger partial charge in [0.05, 0.1) is 32.2 Å². The van der Waals surface area contributed by atoms with Gasteiger partial charge in [-0.1, -0.05) is 49.4 Å². The highest BCUT2D eigenvalue weighted by Crippen LogP contribution is 2.35. The summed E-state index contributed by atoms with van der Waals surface area (Å²) in [6, 6.07) is 19.8. The van der Waals surface area contributed by atoms with Crippen molar-refractivity contribution in [3.63, 3.8) is 0 Å². The largest absolute Gasteiger partial charge is 0.493 e. The molecule has 0 atom stereocenters. The van der Waals surface area contributed by atoms with Crippen LogP contribution < -0.4 is 14.8 Å². The van der Waals surface area contributed by atoms with E-state index in [1.165, 1.54) is 5.56 Å². The van der Waals surface area contributed by atoms with Gasteiger partial charge in [-0.3, -0.25) is 4.99 Å². The van der Waals surface area contributed by atoms with Crippen LogP contribution in [0.3, 0.4) is 0 Å². The van der Waals surface area contributed by atoms with E-state index in [-0.39, 0.29) is 7.43 Å². The molecule has 0 bridgehead atoms. The normalized spacial score (nSPS) is 12.0. The Morgan fingerprint density at radius 2 is 1.71 bits per heavy atom. The highest BCUT2D eigenvalue weighted by atomic mass is 35.5. The standard InChI is InChI=1S/C29H28ClN5O2.CH4/c1-35(2)17-18-7-5-6-8-22(18)28-24-13-20(30)9-11-23(24)27-19(15-31-28)16-32-29(34-27)33-21-10-12-25(36-3)26(14-21)37-4;/h5-14,16H,15,17H2,1-4H3,(H,32,33,34);1H4. The molecule has 3 aromatic carbocycles. The van der Waals surface area contributed by atoms with Crippen LogP contribution in [-0.2, 0) is 13.1 Å². The minimum Gasteiger partial charge on any atom is -0.493 e. The summed E-state index contributed by atoms with van der Waals surface area (Å²) in [7, 11) is 7.35. The third kappa shape index (κ3) is 5.49. The number of nitrogens with one attached hydrogen (secondary N) is 1. The van der Waals surface area contributed by atoms with Crippen LogP contribution in [0.5, 0.6) is 11.5 Å². The zero-order valence-electron chi connectivity index (χ0n) is 21.2. The Morgan fingerprint density at radius 1 is 0.921 bits per heavy atom. The number of benzene rings is 3. The summed E-state index contributed by atoms with van der Waals surface area (Å²) >= 11 is 6.50. The van der Waals surface area contributed by atoms with E-state index in [0.29, 0.717) is 29.0 Å². The summed E-state index contributed by atoms with van der Waals surface area (Å²) in [6.07, 6.45) is 1.84. The lowest BCUT2D eigenvalue weighted by Gasteiger charge is -2.17. The summed E-state index contributed by atoms with van der Waals surface area (Å²) in [5.41, 5.74) is 7.67. The molecule has 0 fully saturated rings. The molecule has 1 aliphatic heterocycles. The van der Waals surface area contributed by atoms with E-state index in [9.17, 15) is 0 Å². The van der Waals surface area contributed by atoms with Gasteiger partial charge in [0.25, 0.3) is 0 Å². The molecule has 0 spiro atoms. The molecule has 7 nitrogen and oxygen atoms in total. The van der Waals surface area contributed by atoms with E-state index in [1.807, 2.05) is 48.7 Å². The second kappa shape index (κ2) is 11.6. The first-order valence-corrected chi connectivity index (χ1v) is 12.3. The smallest absolute Gasteiger partial charge is 0.227 e. The first-order valence-electron chi connectivity index (χ1n) is 11.9. The number of aliphatic imine (C=N–C) groups is 1. The molecule has 196 valence electrons. The summed E-state index contributed by atoms with van der Waals surface area (Å²) in [6.45, 7) is 1.27. The Balaban J connectivity index is 0.00000336. The molecule has 0 saturated carbocycles. The van der Waals surface area contributed by atoms with Crippen molar-refractivity contribution in [3.05, 3.63) is 94.1 Å². The molecule has 0 saturated heterocycles. The molecule has 0 amide bonds. The number of ether oxygens (including phenoxy) is 2. The van der Waals surface area contributed by atoms with Gasteiger partial charge in [0.2, 0.25) is 5.95 Å². The van der Waals surface area contributed by atoms with Crippen LogP contribution in [0.1, 0.15) is 29.7 Å². The van der Waals surface area contributed by atoms with Crippen LogP contribution in [0.15, 0.2) is 71.9 Å². The van der Waals surface area contributed by atoms with Crippen LogP contribution in [0.4, 0.5) is 11.6 Å². The predicted octanol–water partition coefficient (Wildman–Crippen LogP) is 6.61. The zero-order chi connectivity index (χ0) is 25.9. The number of hydrogen-bond acceptors (Lipinski definition) is 7. The monoisotopic (exact) mass is 529 g/mol. The van der Waals surface area contributed by atoms with Crippen LogP contribution >= 0.6 is 11.6 Å². The van der Waals surface area contributed by atoms with E-state index < -0.39 is 0 Å². The third-order valence-corrected chi connectivity index (χ3v) is 6.40. The molecule has 5 rings (SSSR count). The van der Waals surface area contributed by atoms with Gasteiger partial charge in [-0.2, -0.15) is 0 Å². The number of halogens is 1. The number of nitrogens with zero attached hydrogens (tertiary/aromatic N) is 4. The molecular weight excluding hydrogens is 498 g/mol. The molecule has 8 heteroatoms. The molecule has 1 aromatic heterocycles. The lowest BCUT2D eigenvalue weighted by Crippen LogP contribution is -2.15. The van der Waals surface area contributed by atoms with Crippen molar-refractivity contribution in [2.24, 2.45) is 4.99 Å². The summed E-state index contributed by atoms with van der Waals surface area (Å²) in [5.74, 6) is 1.75. The zero-order valence-corrected chi connectivity index (χ0v) is 22.0. The first-order chi connectivity index (χ1) is 18.0. The van der Waals surface area contributed by atoms with Gasteiger partial charge in [0.15, 0.2) is 11.5 Å². The van der Waals surface area contributed by atoms with Crippen molar-refractivity contribution in [3.8, 4) is 22.8 Å². The number of methoxy groups -OCH3 is 2. The van der Waals surface area contributed by atoms with Gasteiger partial charge in [0, 0.05) is 51.8 Å². The summed E-state index contributed by atoms with van der Waals surface area (Å²) in [4.78, 5) is 16.7. The van der Waals surface area contributed by atoms with Crippen molar-refractivity contribution in [1.82, 2.24) is 14.9 Å². The molecule has 1 aliphatic rings. The molecule has 4 aromatic rings. The van der Waals surface area contributed by atoms with E-state index in [1.54, 1.807) is 14.2 Å². The highest BCUT2D eigenvalue weighted by Gasteiger charge is 2.23. The fourth-order valence-corrected chi connectivity index (χ4v) is 4.66. The number of fused-ring (bicyclic) bond motifs is 3. The predicted molar refractivity (Wildman–Crippen MR) is 155 cm³/mol. The summed E-state index contributed by atoms with van der Waals surface area (Å²) < 4.78 is 10.8. The van der Waals surface area contributed by atoms with E-state index in [0.717, 1.165) is 45.9 Å². The Morgan fingerprint density at radius 3 is 2.47 bits per heavy atom. The maximum Gasteiger partial charge on any atom is 0.227 e. The van der Waals surface area contributed by atoms with E-state index in [2.05, 4.69) is 47.5 Å². The summed E-state index contributed by atoms with van der Waals surface area (Å²) in [5, 5.41) is 3.94. The topological polar surface area (TPSA) is 71.9 Å². The number of hydrogen-bond donors (Lipinski definition) is 1. The van der Waals surface area contributed by atoms with Crippen LogP contribution in [0.25, 0.3) is 11.3 Å². The quantitative estimate of drug-likeness (QED) is 0.290. The number of rotatable bonds is 7. The Labute approximate surface area is 229 Å². The molecule has 2 heterocycles. The average molecular weight is 530 g/mol. The second-order valence-corrected chi connectivity index (χ2v) is 9.45. The van der Waals surface area contributed by atoms with Gasteiger partial charge in [0.1, 0.15) is 0 Å². The van der Waals surface area contributed by atoms with Gasteiger partial charge < -0.3 is 19.7 Å². The minimum absolute atomic E-state index is 0. The molecule has 1 N–H and O–H groups in total. The van der Waals surface area contributed by atoms with Gasteiger partial charge in [-0.15, -0.1) is 0 Å². The van der Waals surface area contributed by atoms with Gasteiger partial charge in [-0.05, 0) is 43.9 Å². The van der Waals surface area contributed by atoms with Crippen molar-refractivity contribution in [1.29, 1.82) is 0 Å². The van der Waals surface area contributed by atoms with Crippen molar-refractivity contribution in [2.75, 3.05) is 33.6 Å². The number of aromatic nitrogens is 2. The molecule has 0 aliphatic carbocycles. The SMILES string of the molecule is C.COc1ccc(Nc2ncc3c(n2)-c2ccc(Cl)cc2C(c2ccccc2CN(C)C)=NC3)cc1OC. The average Bonchev–Trinajstić information content (AvgIpc) is 3.05. The van der Waals surface area contributed by atoms with Crippen LogP contribution in [0, 0.1) is 0 Å². The fourth-order valence-electron chi connectivity index (χ4n) is 4.49. The maximum absolute atomic E-state index is 6.50. The second-order valence-electron chi connectivity index (χ2n) is 9.01. The van der Waals surface area contributed by atoms with Crippen LogP contribution in [0.2, 0.25) is 5.02 Å². The van der Waals surface area contributed by atoms with E-state index in [4.69, 9.17) is 31.1 Å². The minimum atomic E-state index is 0. The molecule has 0 unspecified atom stereocenters. The highest BCUT2D eigenvalue weighted by molar-refractivity contribution is 6.31. The third-order valence-electron chi connectivity index (χ3n) is 6.16. The van der Waals surface area contributed by atoms with Crippen molar-refractivity contribution in [2.45, 2.75) is 20.5 Å². The Bertz CT molecular complexity index is 1490. The molecular formula is C30H32ClN5O2. The van der Waals surface area contributed by atoms with Gasteiger partial charge in [-0.25, -0.2) is 9.97 Å². The Kier molecular flexibility index (Phi) is 8.29. The molecule has 0 radical (unpaired) electrons.